The van der Waals surface area contributed by atoms with Gasteiger partial charge in [0.25, 0.3) is 0 Å². The number of ether oxygens (including phenoxy) is 1. The molecule has 0 saturated carbocycles. The minimum Gasteiger partial charge on any atom is -0.375 e. The first-order chi connectivity index (χ1) is 9.68. The largest absolute Gasteiger partial charge is 0.375 e. The van der Waals surface area contributed by atoms with Gasteiger partial charge in [0, 0.05) is 12.0 Å². The first-order valence-electron chi connectivity index (χ1n) is 8.16. The van der Waals surface area contributed by atoms with E-state index in [1.54, 1.807) is 0 Å². The van der Waals surface area contributed by atoms with Gasteiger partial charge in [0.1, 0.15) is 0 Å². The Balaban J connectivity index is 2.52. The van der Waals surface area contributed by atoms with E-state index >= 15 is 0 Å². The number of hydrogen-bond acceptors (Lipinski definition) is 2. The Kier molecular flexibility index (Phi) is 4.51. The Hall–Kier alpha value is -0.860. The van der Waals surface area contributed by atoms with Crippen molar-refractivity contribution in [3.63, 3.8) is 0 Å². The predicted octanol–water partition coefficient (Wildman–Crippen LogP) is 4.29. The van der Waals surface area contributed by atoms with E-state index in [0.29, 0.717) is 17.9 Å². The summed E-state index contributed by atoms with van der Waals surface area (Å²) in [5.41, 5.74) is 15.0. The quantitative estimate of drug-likeness (QED) is 0.881. The van der Waals surface area contributed by atoms with Crippen LogP contribution in [0.25, 0.3) is 0 Å². The molecule has 0 radical (unpaired) electrons. The SMILES string of the molecule is Cc1c(C)c(C)c(C(N)C2C(C)OC(C)C2C)c(C)c1C. The molecule has 2 heteroatoms. The summed E-state index contributed by atoms with van der Waals surface area (Å²) in [7, 11) is 0. The van der Waals surface area contributed by atoms with Crippen LogP contribution in [0.5, 0.6) is 0 Å². The second kappa shape index (κ2) is 5.73. The van der Waals surface area contributed by atoms with Gasteiger partial charge >= 0.3 is 0 Å². The molecule has 0 amide bonds. The van der Waals surface area contributed by atoms with Crippen LogP contribution in [-0.2, 0) is 4.74 Å². The van der Waals surface area contributed by atoms with E-state index in [1.165, 1.54) is 33.4 Å². The topological polar surface area (TPSA) is 35.2 Å². The molecule has 1 fully saturated rings. The van der Waals surface area contributed by atoms with Gasteiger partial charge in [-0.2, -0.15) is 0 Å². The monoisotopic (exact) mass is 289 g/mol. The maximum Gasteiger partial charge on any atom is 0.0600 e. The fraction of sp³-hybridized carbons (Fsp3) is 0.684. The smallest absolute Gasteiger partial charge is 0.0600 e. The predicted molar refractivity (Wildman–Crippen MR) is 89.7 cm³/mol. The van der Waals surface area contributed by atoms with Crippen molar-refractivity contribution in [2.45, 2.75) is 73.6 Å². The van der Waals surface area contributed by atoms with E-state index in [2.05, 4.69) is 55.4 Å². The van der Waals surface area contributed by atoms with Crippen molar-refractivity contribution >= 4 is 0 Å². The minimum atomic E-state index is 0.0537. The van der Waals surface area contributed by atoms with E-state index in [9.17, 15) is 0 Å². The van der Waals surface area contributed by atoms with Crippen molar-refractivity contribution in [2.75, 3.05) is 0 Å². The van der Waals surface area contributed by atoms with E-state index in [1.807, 2.05) is 0 Å². The van der Waals surface area contributed by atoms with Crippen LogP contribution < -0.4 is 5.73 Å². The Labute approximate surface area is 130 Å². The summed E-state index contributed by atoms with van der Waals surface area (Å²) in [4.78, 5) is 0. The fourth-order valence-corrected chi connectivity index (χ4v) is 4.13. The Morgan fingerprint density at radius 1 is 0.762 bits per heavy atom. The van der Waals surface area contributed by atoms with E-state index in [4.69, 9.17) is 10.5 Å². The van der Waals surface area contributed by atoms with Crippen LogP contribution in [0, 0.1) is 46.5 Å². The zero-order valence-corrected chi connectivity index (χ0v) is 14.9. The molecule has 2 nitrogen and oxygen atoms in total. The molecule has 2 rings (SSSR count). The Morgan fingerprint density at radius 2 is 1.19 bits per heavy atom. The summed E-state index contributed by atoms with van der Waals surface area (Å²) < 4.78 is 6.01. The molecule has 0 spiro atoms. The van der Waals surface area contributed by atoms with Crippen molar-refractivity contribution in [3.05, 3.63) is 33.4 Å². The number of benzene rings is 1. The van der Waals surface area contributed by atoms with Crippen molar-refractivity contribution in [3.8, 4) is 0 Å². The van der Waals surface area contributed by atoms with Gasteiger partial charge in [-0.3, -0.25) is 0 Å². The van der Waals surface area contributed by atoms with Crippen LogP contribution in [0.1, 0.15) is 60.2 Å². The number of nitrogens with two attached hydrogens (primary N) is 1. The molecule has 5 unspecified atom stereocenters. The highest BCUT2D eigenvalue weighted by Gasteiger charge is 2.41. The molecule has 1 saturated heterocycles. The third-order valence-electron chi connectivity index (χ3n) is 6.12. The third-order valence-corrected chi connectivity index (χ3v) is 6.12. The van der Waals surface area contributed by atoms with E-state index in [-0.39, 0.29) is 12.1 Å². The molecule has 1 aliphatic rings. The number of rotatable bonds is 2. The molecular formula is C19H31NO. The molecule has 1 aromatic rings. The summed E-state index contributed by atoms with van der Waals surface area (Å²) in [6, 6.07) is 0.0537. The van der Waals surface area contributed by atoms with Gasteiger partial charge in [0.2, 0.25) is 0 Å². The van der Waals surface area contributed by atoms with Gasteiger partial charge in [-0.1, -0.05) is 6.92 Å². The van der Waals surface area contributed by atoms with Gasteiger partial charge in [-0.25, -0.2) is 0 Å². The molecule has 0 aliphatic carbocycles. The van der Waals surface area contributed by atoms with Crippen molar-refractivity contribution < 1.29 is 4.74 Å². The summed E-state index contributed by atoms with van der Waals surface area (Å²) >= 11 is 0. The molecule has 21 heavy (non-hydrogen) atoms. The molecule has 1 heterocycles. The van der Waals surface area contributed by atoms with Crippen molar-refractivity contribution in [1.29, 1.82) is 0 Å². The summed E-state index contributed by atoms with van der Waals surface area (Å²) in [6.07, 6.45) is 0.523. The first kappa shape index (κ1) is 16.5. The fourth-order valence-electron chi connectivity index (χ4n) is 4.13. The lowest BCUT2D eigenvalue weighted by molar-refractivity contribution is 0.0489. The zero-order valence-electron chi connectivity index (χ0n) is 14.9. The third kappa shape index (κ3) is 2.53. The Bertz CT molecular complexity index is 520. The van der Waals surface area contributed by atoms with E-state index < -0.39 is 0 Å². The molecule has 0 aromatic heterocycles. The lowest BCUT2D eigenvalue weighted by Gasteiger charge is -2.30. The average Bonchev–Trinajstić information content (AvgIpc) is 2.67. The lowest BCUT2D eigenvalue weighted by atomic mass is 9.76. The minimum absolute atomic E-state index is 0.0537. The molecular weight excluding hydrogens is 258 g/mol. The van der Waals surface area contributed by atoms with Crippen LogP contribution in [-0.4, -0.2) is 12.2 Å². The summed E-state index contributed by atoms with van der Waals surface area (Å²) in [5.74, 6) is 0.884. The van der Waals surface area contributed by atoms with Crippen molar-refractivity contribution in [1.82, 2.24) is 0 Å². The first-order valence-corrected chi connectivity index (χ1v) is 8.16. The van der Waals surface area contributed by atoms with Crippen LogP contribution in [0.3, 0.4) is 0 Å². The molecule has 2 N–H and O–H groups in total. The van der Waals surface area contributed by atoms with Gasteiger partial charge in [-0.05, 0) is 87.8 Å². The lowest BCUT2D eigenvalue weighted by Crippen LogP contribution is -2.32. The maximum absolute atomic E-state index is 6.75. The number of hydrogen-bond donors (Lipinski definition) is 1. The van der Waals surface area contributed by atoms with E-state index in [0.717, 1.165) is 0 Å². The van der Waals surface area contributed by atoms with Crippen LogP contribution in [0.15, 0.2) is 0 Å². The summed E-state index contributed by atoms with van der Waals surface area (Å²) in [5, 5.41) is 0. The highest BCUT2D eigenvalue weighted by atomic mass is 16.5. The molecule has 1 aliphatic heterocycles. The Morgan fingerprint density at radius 3 is 1.57 bits per heavy atom. The average molecular weight is 289 g/mol. The second-order valence-corrected chi connectivity index (χ2v) is 7.05. The van der Waals surface area contributed by atoms with Gasteiger partial charge < -0.3 is 10.5 Å². The van der Waals surface area contributed by atoms with Crippen molar-refractivity contribution in [2.24, 2.45) is 17.6 Å². The van der Waals surface area contributed by atoms with Gasteiger partial charge in [0.15, 0.2) is 0 Å². The van der Waals surface area contributed by atoms with Crippen LogP contribution in [0.4, 0.5) is 0 Å². The molecule has 118 valence electrons. The van der Waals surface area contributed by atoms with Crippen LogP contribution in [0.2, 0.25) is 0 Å². The molecule has 5 atom stereocenters. The highest BCUT2D eigenvalue weighted by Crippen LogP contribution is 2.42. The van der Waals surface area contributed by atoms with Gasteiger partial charge in [0.05, 0.1) is 12.2 Å². The van der Waals surface area contributed by atoms with Gasteiger partial charge in [-0.15, -0.1) is 0 Å². The zero-order chi connectivity index (χ0) is 16.1. The summed E-state index contributed by atoms with van der Waals surface area (Å²) in [6.45, 7) is 17.7. The normalized spacial score (nSPS) is 30.7. The maximum atomic E-state index is 6.75. The standard InChI is InChI=1S/C19H31NO/c1-9-10(2)12(4)17(13(5)11(9)3)19(20)18-14(6)15(7)21-16(18)8/h14-16,18-19H,20H2,1-8H3. The van der Waals surface area contributed by atoms with Crippen LogP contribution >= 0.6 is 0 Å². The highest BCUT2D eigenvalue weighted by molar-refractivity contribution is 5.51. The second-order valence-electron chi connectivity index (χ2n) is 7.05. The molecule has 0 bridgehead atoms. The molecule has 1 aromatic carbocycles.